The monoisotopic (exact) mass is 317 g/mol. The van der Waals surface area contributed by atoms with Crippen LogP contribution in [0.15, 0.2) is 30.3 Å². The number of hydrogen-bond acceptors (Lipinski definition) is 3. The second-order valence-electron chi connectivity index (χ2n) is 5.87. The van der Waals surface area contributed by atoms with Crippen molar-refractivity contribution in [2.75, 3.05) is 6.54 Å². The smallest absolute Gasteiger partial charge is 0.245 e. The number of likely N-dealkylation sites (tertiary alicyclic amines) is 1. The predicted octanol–water partition coefficient (Wildman–Crippen LogP) is 0.600. The summed E-state index contributed by atoms with van der Waals surface area (Å²) in [5.74, 6) is -0.914. The van der Waals surface area contributed by atoms with Crippen molar-refractivity contribution in [2.45, 2.75) is 44.7 Å². The van der Waals surface area contributed by atoms with Crippen LogP contribution in [0.4, 0.5) is 0 Å². The molecule has 1 fully saturated rings. The highest BCUT2D eigenvalue weighted by Gasteiger charge is 2.34. The van der Waals surface area contributed by atoms with Crippen LogP contribution >= 0.6 is 0 Å². The van der Waals surface area contributed by atoms with Gasteiger partial charge in [0.1, 0.15) is 12.1 Å². The van der Waals surface area contributed by atoms with Crippen LogP contribution in [0.2, 0.25) is 0 Å². The number of carbonyl (C=O) groups excluding carboxylic acids is 3. The van der Waals surface area contributed by atoms with Crippen LogP contribution in [0, 0.1) is 0 Å². The van der Waals surface area contributed by atoms with Crippen molar-refractivity contribution >= 4 is 17.7 Å². The summed E-state index contributed by atoms with van der Waals surface area (Å²) in [6.45, 7) is 2.15. The first-order valence-electron chi connectivity index (χ1n) is 7.92. The highest BCUT2D eigenvalue weighted by Crippen LogP contribution is 2.17. The minimum absolute atomic E-state index is 0.176. The summed E-state index contributed by atoms with van der Waals surface area (Å²) in [7, 11) is 0. The minimum atomic E-state index is -0.654. The van der Waals surface area contributed by atoms with Gasteiger partial charge >= 0.3 is 0 Å². The molecule has 23 heavy (non-hydrogen) atoms. The molecule has 124 valence electrons. The third kappa shape index (κ3) is 4.55. The van der Waals surface area contributed by atoms with E-state index in [1.807, 2.05) is 30.3 Å². The first kappa shape index (κ1) is 17.0. The van der Waals surface area contributed by atoms with Gasteiger partial charge in [0.2, 0.25) is 17.7 Å². The van der Waals surface area contributed by atoms with E-state index in [4.69, 9.17) is 5.73 Å². The van der Waals surface area contributed by atoms with Crippen molar-refractivity contribution in [3.05, 3.63) is 35.9 Å². The molecule has 0 aromatic heterocycles. The fourth-order valence-corrected chi connectivity index (χ4v) is 2.85. The molecule has 3 N–H and O–H groups in total. The number of amides is 3. The van der Waals surface area contributed by atoms with Gasteiger partial charge in [0.25, 0.3) is 0 Å². The highest BCUT2D eigenvalue weighted by atomic mass is 16.2. The highest BCUT2D eigenvalue weighted by molar-refractivity contribution is 5.91. The molecule has 2 rings (SSSR count). The van der Waals surface area contributed by atoms with Gasteiger partial charge in [-0.1, -0.05) is 30.3 Å². The SMILES string of the molecule is C[C@H](NC(=O)CCc1ccccc1)C(=O)N1CCC[C@H]1C(N)=O. The Morgan fingerprint density at radius 3 is 2.65 bits per heavy atom. The van der Waals surface area contributed by atoms with E-state index in [1.54, 1.807) is 6.92 Å². The summed E-state index contributed by atoms with van der Waals surface area (Å²) >= 11 is 0. The molecule has 2 atom stereocenters. The molecule has 0 aliphatic carbocycles. The molecule has 1 saturated heterocycles. The maximum atomic E-state index is 12.4. The molecule has 0 spiro atoms. The lowest BCUT2D eigenvalue weighted by atomic mass is 10.1. The molecular weight excluding hydrogens is 294 g/mol. The Kier molecular flexibility index (Phi) is 5.73. The van der Waals surface area contributed by atoms with Gasteiger partial charge in [-0.3, -0.25) is 14.4 Å². The number of rotatable bonds is 6. The quantitative estimate of drug-likeness (QED) is 0.804. The molecule has 1 heterocycles. The summed E-state index contributed by atoms with van der Waals surface area (Å²) in [5.41, 5.74) is 6.40. The van der Waals surface area contributed by atoms with Gasteiger partial charge in [-0.15, -0.1) is 0 Å². The van der Waals surface area contributed by atoms with Crippen molar-refractivity contribution in [3.8, 4) is 0 Å². The van der Waals surface area contributed by atoms with E-state index in [2.05, 4.69) is 5.32 Å². The second kappa shape index (κ2) is 7.76. The average molecular weight is 317 g/mol. The lowest BCUT2D eigenvalue weighted by molar-refractivity contribution is -0.140. The Bertz CT molecular complexity index is 574. The maximum absolute atomic E-state index is 12.4. The molecule has 0 radical (unpaired) electrons. The number of nitrogens with two attached hydrogens (primary N) is 1. The van der Waals surface area contributed by atoms with Gasteiger partial charge in [-0.2, -0.15) is 0 Å². The van der Waals surface area contributed by atoms with Crippen molar-refractivity contribution in [3.63, 3.8) is 0 Å². The normalized spacial score (nSPS) is 18.5. The van der Waals surface area contributed by atoms with Crippen LogP contribution in [-0.4, -0.2) is 41.2 Å². The van der Waals surface area contributed by atoms with E-state index in [9.17, 15) is 14.4 Å². The number of aryl methyl sites for hydroxylation is 1. The standard InChI is InChI=1S/C17H23N3O3/c1-12(17(23)20-11-5-8-14(20)16(18)22)19-15(21)10-9-13-6-3-2-4-7-13/h2-4,6-7,12,14H,5,8-11H2,1H3,(H2,18,22)(H,19,21)/t12-,14-/m0/s1. The summed E-state index contributed by atoms with van der Waals surface area (Å²) < 4.78 is 0. The van der Waals surface area contributed by atoms with E-state index in [0.717, 1.165) is 12.0 Å². The van der Waals surface area contributed by atoms with Gasteiger partial charge in [0.15, 0.2) is 0 Å². The molecule has 3 amide bonds. The van der Waals surface area contributed by atoms with E-state index < -0.39 is 18.0 Å². The predicted molar refractivity (Wildman–Crippen MR) is 86.3 cm³/mol. The number of nitrogens with zero attached hydrogens (tertiary/aromatic N) is 1. The molecule has 6 heteroatoms. The van der Waals surface area contributed by atoms with Crippen LogP contribution in [0.3, 0.4) is 0 Å². The lowest BCUT2D eigenvalue weighted by Gasteiger charge is -2.25. The Labute approximate surface area is 136 Å². The van der Waals surface area contributed by atoms with E-state index in [0.29, 0.717) is 25.8 Å². The number of carbonyl (C=O) groups is 3. The molecule has 0 bridgehead atoms. The van der Waals surface area contributed by atoms with Crippen LogP contribution in [0.25, 0.3) is 0 Å². The number of hydrogen-bond donors (Lipinski definition) is 2. The first-order chi connectivity index (χ1) is 11.0. The summed E-state index contributed by atoms with van der Waals surface area (Å²) in [5, 5.41) is 2.70. The number of primary amides is 1. The van der Waals surface area contributed by atoms with E-state index in [-0.39, 0.29) is 11.8 Å². The number of benzene rings is 1. The average Bonchev–Trinajstić information content (AvgIpc) is 3.03. The van der Waals surface area contributed by atoms with Gasteiger partial charge in [0.05, 0.1) is 0 Å². The molecule has 0 unspecified atom stereocenters. The van der Waals surface area contributed by atoms with Gasteiger partial charge in [-0.05, 0) is 31.7 Å². The zero-order chi connectivity index (χ0) is 16.8. The Balaban J connectivity index is 1.83. The third-order valence-electron chi connectivity index (χ3n) is 4.10. The zero-order valence-electron chi connectivity index (χ0n) is 13.3. The summed E-state index contributed by atoms with van der Waals surface area (Å²) in [4.78, 5) is 37.2. The van der Waals surface area contributed by atoms with Gasteiger partial charge in [0, 0.05) is 13.0 Å². The summed E-state index contributed by atoms with van der Waals surface area (Å²) in [6, 6.07) is 8.50. The molecule has 1 aliphatic heterocycles. The molecule has 6 nitrogen and oxygen atoms in total. The van der Waals surface area contributed by atoms with Crippen molar-refractivity contribution in [2.24, 2.45) is 5.73 Å². The molecule has 1 aliphatic rings. The molecule has 1 aromatic carbocycles. The molecular formula is C17H23N3O3. The van der Waals surface area contributed by atoms with Gasteiger partial charge < -0.3 is 16.0 Å². The Hall–Kier alpha value is -2.37. The minimum Gasteiger partial charge on any atom is -0.368 e. The van der Waals surface area contributed by atoms with Crippen LogP contribution < -0.4 is 11.1 Å². The molecule has 1 aromatic rings. The Morgan fingerprint density at radius 1 is 1.30 bits per heavy atom. The first-order valence-corrected chi connectivity index (χ1v) is 7.92. The van der Waals surface area contributed by atoms with Crippen LogP contribution in [0.5, 0.6) is 0 Å². The fourth-order valence-electron chi connectivity index (χ4n) is 2.85. The van der Waals surface area contributed by atoms with E-state index in [1.165, 1.54) is 4.90 Å². The van der Waals surface area contributed by atoms with E-state index >= 15 is 0 Å². The molecule has 0 saturated carbocycles. The topological polar surface area (TPSA) is 92.5 Å². The largest absolute Gasteiger partial charge is 0.368 e. The van der Waals surface area contributed by atoms with Crippen LogP contribution in [-0.2, 0) is 20.8 Å². The third-order valence-corrected chi connectivity index (χ3v) is 4.10. The van der Waals surface area contributed by atoms with Crippen molar-refractivity contribution in [1.29, 1.82) is 0 Å². The van der Waals surface area contributed by atoms with Crippen molar-refractivity contribution in [1.82, 2.24) is 10.2 Å². The maximum Gasteiger partial charge on any atom is 0.245 e. The zero-order valence-corrected chi connectivity index (χ0v) is 13.3. The Morgan fingerprint density at radius 2 is 2.00 bits per heavy atom. The van der Waals surface area contributed by atoms with Gasteiger partial charge in [-0.25, -0.2) is 0 Å². The van der Waals surface area contributed by atoms with Crippen LogP contribution in [0.1, 0.15) is 31.7 Å². The number of nitrogens with one attached hydrogen (secondary N) is 1. The fraction of sp³-hybridized carbons (Fsp3) is 0.471. The lowest BCUT2D eigenvalue weighted by Crippen LogP contribution is -2.51. The van der Waals surface area contributed by atoms with Crippen molar-refractivity contribution < 1.29 is 14.4 Å². The summed E-state index contributed by atoms with van der Waals surface area (Å²) in [6.07, 6.45) is 2.30. The second-order valence-corrected chi connectivity index (χ2v) is 5.87.